The molecule has 9 heteroatoms. The molecule has 2 unspecified atom stereocenters. The molecular formula is C37H47N3O6. The lowest BCUT2D eigenvalue weighted by molar-refractivity contribution is -0.146. The van der Waals surface area contributed by atoms with Crippen molar-refractivity contribution >= 4 is 29.1 Å². The molecule has 46 heavy (non-hydrogen) atoms. The number of amides is 3. The maximum atomic E-state index is 14.9. The van der Waals surface area contributed by atoms with Gasteiger partial charge in [-0.05, 0) is 81.8 Å². The topological polar surface area (TPSA) is 99.6 Å². The molecule has 3 saturated heterocycles. The van der Waals surface area contributed by atoms with E-state index in [2.05, 4.69) is 13.2 Å². The molecule has 3 aliphatic heterocycles. The summed E-state index contributed by atoms with van der Waals surface area (Å²) in [7, 11) is 0. The largest absolute Gasteiger partial charge is 0.494 e. The van der Waals surface area contributed by atoms with Gasteiger partial charge in [0.05, 0.1) is 24.0 Å². The van der Waals surface area contributed by atoms with E-state index in [1.807, 2.05) is 70.2 Å². The minimum Gasteiger partial charge on any atom is -0.494 e. The summed E-state index contributed by atoms with van der Waals surface area (Å²) in [4.78, 5) is 49.2. The fourth-order valence-corrected chi connectivity index (χ4v) is 8.16. The van der Waals surface area contributed by atoms with Crippen LogP contribution < -0.4 is 14.5 Å². The number of carbonyl (C=O) groups excluding carboxylic acids is 3. The molecule has 2 bridgehead atoms. The van der Waals surface area contributed by atoms with Crippen LogP contribution in [0, 0.1) is 25.7 Å². The van der Waals surface area contributed by atoms with Gasteiger partial charge in [-0.1, -0.05) is 37.3 Å². The molecular weight excluding hydrogens is 582 g/mol. The third-order valence-corrected chi connectivity index (χ3v) is 10.1. The van der Waals surface area contributed by atoms with Crippen LogP contribution in [-0.2, 0) is 19.1 Å². The molecule has 2 aromatic carbocycles. The van der Waals surface area contributed by atoms with Gasteiger partial charge in [-0.2, -0.15) is 0 Å². The highest BCUT2D eigenvalue weighted by molar-refractivity contribution is 6.07. The molecule has 1 spiro atoms. The zero-order chi connectivity index (χ0) is 33.2. The van der Waals surface area contributed by atoms with Crippen LogP contribution in [0.15, 0.2) is 67.8 Å². The third-order valence-electron chi connectivity index (χ3n) is 10.1. The molecule has 3 amide bonds. The average molecular weight is 630 g/mol. The van der Waals surface area contributed by atoms with E-state index in [1.165, 1.54) is 0 Å². The lowest BCUT2D eigenvalue weighted by Crippen LogP contribution is -2.57. The highest BCUT2D eigenvalue weighted by Gasteiger charge is 2.79. The SMILES string of the molecule is C=CCN(C(=O)[C@@H]1[C@H]2C(=O)N(CCCO)C(C(=O)N(CC=C)c3c(C)cccc3C)C23CC[C@@]1(CC)O3)c1ccc(OCC)cc1. The predicted molar refractivity (Wildman–Crippen MR) is 179 cm³/mol. The third kappa shape index (κ3) is 5.33. The Labute approximate surface area is 272 Å². The van der Waals surface area contributed by atoms with E-state index in [4.69, 9.17) is 9.47 Å². The highest BCUT2D eigenvalue weighted by Crippen LogP contribution is 2.65. The summed E-state index contributed by atoms with van der Waals surface area (Å²) in [6.07, 6.45) is 5.21. The number of hydrogen-bond donors (Lipinski definition) is 1. The second kappa shape index (κ2) is 13.4. The number of aliphatic hydroxyl groups is 1. The normalized spacial score (nSPS) is 26.2. The van der Waals surface area contributed by atoms with E-state index in [9.17, 15) is 19.5 Å². The van der Waals surface area contributed by atoms with Gasteiger partial charge < -0.3 is 29.3 Å². The molecule has 5 atom stereocenters. The minimum absolute atomic E-state index is 0.136. The van der Waals surface area contributed by atoms with Crippen molar-refractivity contribution < 1.29 is 29.0 Å². The molecule has 1 N–H and O–H groups in total. The van der Waals surface area contributed by atoms with Gasteiger partial charge in [0.1, 0.15) is 17.4 Å². The fraction of sp³-hybridized carbons (Fsp3) is 0.486. The monoisotopic (exact) mass is 629 g/mol. The van der Waals surface area contributed by atoms with E-state index in [0.29, 0.717) is 43.7 Å². The Morgan fingerprint density at radius 2 is 1.67 bits per heavy atom. The van der Waals surface area contributed by atoms with Crippen LogP contribution in [-0.4, -0.2) is 77.8 Å². The zero-order valence-electron chi connectivity index (χ0n) is 27.5. The maximum absolute atomic E-state index is 14.9. The molecule has 9 nitrogen and oxygen atoms in total. The number of aryl methyl sites for hydroxylation is 2. The molecule has 0 radical (unpaired) electrons. The van der Waals surface area contributed by atoms with Crippen molar-refractivity contribution in [1.29, 1.82) is 0 Å². The Morgan fingerprint density at radius 3 is 2.26 bits per heavy atom. The molecule has 0 aromatic heterocycles. The quantitative estimate of drug-likeness (QED) is 0.296. The molecule has 3 fully saturated rings. The van der Waals surface area contributed by atoms with Gasteiger partial charge in [0.25, 0.3) is 5.91 Å². The van der Waals surface area contributed by atoms with E-state index in [1.54, 1.807) is 26.9 Å². The number of hydrogen-bond acceptors (Lipinski definition) is 6. The van der Waals surface area contributed by atoms with Crippen LogP contribution in [0.2, 0.25) is 0 Å². The number of ether oxygens (including phenoxy) is 2. The Balaban J connectivity index is 1.60. The highest BCUT2D eigenvalue weighted by atomic mass is 16.5. The molecule has 5 rings (SSSR count). The molecule has 246 valence electrons. The van der Waals surface area contributed by atoms with Gasteiger partial charge in [-0.25, -0.2) is 0 Å². The van der Waals surface area contributed by atoms with Gasteiger partial charge in [0, 0.05) is 37.6 Å². The number of nitrogens with zero attached hydrogens (tertiary/aromatic N) is 3. The van der Waals surface area contributed by atoms with Crippen molar-refractivity contribution in [3.63, 3.8) is 0 Å². The fourth-order valence-electron chi connectivity index (χ4n) is 8.16. The van der Waals surface area contributed by atoms with Crippen LogP contribution in [0.4, 0.5) is 11.4 Å². The number of anilines is 2. The Kier molecular flexibility index (Phi) is 9.75. The van der Waals surface area contributed by atoms with Crippen molar-refractivity contribution in [2.24, 2.45) is 11.8 Å². The van der Waals surface area contributed by atoms with Gasteiger partial charge in [0.15, 0.2) is 0 Å². The summed E-state index contributed by atoms with van der Waals surface area (Å²) in [5, 5.41) is 9.79. The van der Waals surface area contributed by atoms with Crippen molar-refractivity contribution in [3.05, 3.63) is 78.9 Å². The zero-order valence-corrected chi connectivity index (χ0v) is 27.5. The lowest BCUT2D eigenvalue weighted by atomic mass is 9.64. The predicted octanol–water partition coefficient (Wildman–Crippen LogP) is 4.98. The number of benzene rings is 2. The number of para-hydroxylation sites is 1. The first-order valence-electron chi connectivity index (χ1n) is 16.4. The van der Waals surface area contributed by atoms with Gasteiger partial charge in [0.2, 0.25) is 11.8 Å². The van der Waals surface area contributed by atoms with Crippen LogP contribution in [0.3, 0.4) is 0 Å². The van der Waals surface area contributed by atoms with Crippen molar-refractivity contribution in [3.8, 4) is 5.75 Å². The van der Waals surface area contributed by atoms with Crippen LogP contribution in [0.25, 0.3) is 0 Å². The van der Waals surface area contributed by atoms with Crippen molar-refractivity contribution in [1.82, 2.24) is 4.90 Å². The summed E-state index contributed by atoms with van der Waals surface area (Å²) in [5.41, 5.74) is 1.22. The summed E-state index contributed by atoms with van der Waals surface area (Å²) in [6, 6.07) is 12.2. The first-order valence-corrected chi connectivity index (χ1v) is 16.4. The van der Waals surface area contributed by atoms with Gasteiger partial charge in [-0.15, -0.1) is 13.2 Å². The summed E-state index contributed by atoms with van der Waals surface area (Å²) in [6.45, 7) is 16.7. The standard InChI is InChI=1S/C37H47N3O6/c1-7-21-38(27-15-17-28(18-16-27)45-10-4)33(42)29-30-34(43)40(23-12-24-41)32(37(30)20-19-36(29,9-3)46-37)35(44)39(22-8-2)31-25(5)13-11-14-26(31)6/h7-8,11,13-18,29-30,32,41H,1-2,9-10,12,19-24H2,3-6H3/t29-,30-,32?,36+,37?/m0/s1. The number of carbonyl (C=O) groups is 3. The Morgan fingerprint density at radius 1 is 1.02 bits per heavy atom. The Bertz CT molecular complexity index is 1470. The molecule has 0 aliphatic carbocycles. The van der Waals surface area contributed by atoms with Crippen molar-refractivity contribution in [2.45, 2.75) is 70.6 Å². The second-order valence-corrected chi connectivity index (χ2v) is 12.6. The second-order valence-electron chi connectivity index (χ2n) is 12.6. The van der Waals surface area contributed by atoms with E-state index in [-0.39, 0.29) is 44.0 Å². The average Bonchev–Trinajstić information content (AvgIpc) is 3.65. The van der Waals surface area contributed by atoms with Crippen LogP contribution in [0.1, 0.15) is 50.7 Å². The molecule has 3 heterocycles. The minimum atomic E-state index is -1.19. The summed E-state index contributed by atoms with van der Waals surface area (Å²) in [5.74, 6) is -1.71. The Hall–Kier alpha value is -3.95. The van der Waals surface area contributed by atoms with Gasteiger partial charge in [-0.3, -0.25) is 14.4 Å². The van der Waals surface area contributed by atoms with Crippen LogP contribution in [0.5, 0.6) is 5.75 Å². The molecule has 3 aliphatic rings. The first-order chi connectivity index (χ1) is 22.1. The first kappa shape index (κ1) is 33.4. The van der Waals surface area contributed by atoms with Crippen molar-refractivity contribution in [2.75, 3.05) is 42.6 Å². The smallest absolute Gasteiger partial charge is 0.253 e. The van der Waals surface area contributed by atoms with Crippen LogP contribution >= 0.6 is 0 Å². The van der Waals surface area contributed by atoms with E-state index < -0.39 is 29.1 Å². The maximum Gasteiger partial charge on any atom is 0.253 e. The number of aliphatic hydroxyl groups excluding tert-OH is 1. The number of fused-ring (bicyclic) bond motifs is 1. The number of rotatable bonds is 14. The van der Waals surface area contributed by atoms with E-state index in [0.717, 1.165) is 16.8 Å². The van der Waals surface area contributed by atoms with E-state index >= 15 is 0 Å². The summed E-state index contributed by atoms with van der Waals surface area (Å²) >= 11 is 0. The molecule has 0 saturated carbocycles. The lowest BCUT2D eigenvalue weighted by Gasteiger charge is -2.37. The number of likely N-dealkylation sites (tertiary alicyclic amines) is 1. The van der Waals surface area contributed by atoms with Gasteiger partial charge >= 0.3 is 0 Å². The molecule has 2 aromatic rings. The summed E-state index contributed by atoms with van der Waals surface area (Å²) < 4.78 is 12.6.